The van der Waals surface area contributed by atoms with E-state index >= 15 is 0 Å². The first-order valence-corrected chi connectivity index (χ1v) is 10.8. The van der Waals surface area contributed by atoms with Gasteiger partial charge in [-0.3, -0.25) is 4.68 Å². The number of benzene rings is 1. The van der Waals surface area contributed by atoms with Gasteiger partial charge in [0.1, 0.15) is 11.9 Å². The normalized spacial score (nSPS) is 15.9. The van der Waals surface area contributed by atoms with Gasteiger partial charge in [0.2, 0.25) is 0 Å². The maximum Gasteiger partial charge on any atom is 0.166 e. The van der Waals surface area contributed by atoms with Crippen molar-refractivity contribution in [2.24, 2.45) is 0 Å². The Morgan fingerprint density at radius 2 is 2.07 bits per heavy atom. The van der Waals surface area contributed by atoms with Crippen molar-refractivity contribution in [2.45, 2.75) is 31.9 Å². The minimum Gasteiger partial charge on any atom is -0.482 e. The van der Waals surface area contributed by atoms with E-state index in [-0.39, 0.29) is 11.4 Å². The van der Waals surface area contributed by atoms with Crippen molar-refractivity contribution in [3.8, 4) is 16.9 Å². The van der Waals surface area contributed by atoms with Crippen LogP contribution in [0.1, 0.15) is 37.5 Å². The zero-order chi connectivity index (χ0) is 21.3. The first kappa shape index (κ1) is 21.0. The van der Waals surface area contributed by atoms with Crippen molar-refractivity contribution in [3.05, 3.63) is 53.2 Å². The van der Waals surface area contributed by atoms with Crippen LogP contribution in [0.25, 0.3) is 11.1 Å². The highest BCUT2D eigenvalue weighted by Crippen LogP contribution is 2.34. The predicted octanol–water partition coefficient (Wildman–Crippen LogP) is 3.88. The van der Waals surface area contributed by atoms with E-state index in [1.54, 1.807) is 25.3 Å². The number of nitrogens with two attached hydrogens (primary N) is 1. The molecule has 0 radical (unpaired) electrons. The van der Waals surface area contributed by atoms with Gasteiger partial charge in [-0.2, -0.15) is 5.10 Å². The van der Waals surface area contributed by atoms with E-state index in [4.69, 9.17) is 22.1 Å². The molecule has 2 unspecified atom stereocenters. The molecule has 0 amide bonds. The Bertz CT molecular complexity index is 1050. The van der Waals surface area contributed by atoms with E-state index in [0.29, 0.717) is 22.1 Å². The fraction of sp³-hybridized carbons (Fsp3) is 0.333. The Balaban J connectivity index is 1.58. The van der Waals surface area contributed by atoms with Gasteiger partial charge in [0.15, 0.2) is 11.6 Å². The van der Waals surface area contributed by atoms with Crippen LogP contribution in [0.4, 0.5) is 10.2 Å². The Kier molecular flexibility index (Phi) is 6.23. The lowest BCUT2D eigenvalue weighted by molar-refractivity contribution is 0.222. The van der Waals surface area contributed by atoms with Crippen LogP contribution in [-0.2, 0) is 0 Å². The molecule has 0 saturated carbocycles. The lowest BCUT2D eigenvalue weighted by Gasteiger charge is -2.22. The summed E-state index contributed by atoms with van der Waals surface area (Å²) in [4.78, 5) is 4.26. The highest BCUT2D eigenvalue weighted by Gasteiger charge is 2.20. The Hall–Kier alpha value is -2.21. The van der Waals surface area contributed by atoms with Crippen molar-refractivity contribution in [2.75, 3.05) is 18.8 Å². The van der Waals surface area contributed by atoms with Crippen molar-refractivity contribution >= 4 is 32.0 Å². The third-order valence-electron chi connectivity index (χ3n) is 5.37. The van der Waals surface area contributed by atoms with Crippen LogP contribution in [0.3, 0.4) is 0 Å². The van der Waals surface area contributed by atoms with Gasteiger partial charge in [-0.1, -0.05) is 17.7 Å². The van der Waals surface area contributed by atoms with Gasteiger partial charge in [-0.05, 0) is 50.3 Å². The standard InChI is InChI=1S/C21H24ClFN5OP/c1-12(19-16(23)2-3-18(30)20(19)22)29-17-8-13(9-26-21(17)24)14-10-27-28(11-14)15-4-6-25-7-5-15/h2-3,8-12,15,25H,4-7,30H2,1H3,(H2,24,26). The van der Waals surface area contributed by atoms with Crippen LogP contribution >= 0.6 is 20.8 Å². The van der Waals surface area contributed by atoms with E-state index in [9.17, 15) is 4.39 Å². The molecule has 9 heteroatoms. The fourth-order valence-corrected chi connectivity index (χ4v) is 4.23. The van der Waals surface area contributed by atoms with Crippen molar-refractivity contribution < 1.29 is 9.13 Å². The number of nitrogens with one attached hydrogen (secondary N) is 1. The molecule has 2 aromatic heterocycles. The summed E-state index contributed by atoms with van der Waals surface area (Å²) in [6.45, 7) is 3.72. The van der Waals surface area contributed by atoms with E-state index < -0.39 is 11.9 Å². The third kappa shape index (κ3) is 4.29. The number of anilines is 1. The average Bonchev–Trinajstić information content (AvgIpc) is 3.24. The third-order valence-corrected chi connectivity index (χ3v) is 6.45. The number of nitrogen functional groups attached to an aromatic ring is 1. The summed E-state index contributed by atoms with van der Waals surface area (Å²) in [6, 6.07) is 5.17. The van der Waals surface area contributed by atoms with E-state index in [2.05, 4.69) is 24.6 Å². The molecule has 1 saturated heterocycles. The molecule has 3 aromatic rings. The summed E-state index contributed by atoms with van der Waals surface area (Å²) in [5.41, 5.74) is 8.07. The lowest BCUT2D eigenvalue weighted by atomic mass is 10.1. The highest BCUT2D eigenvalue weighted by atomic mass is 35.5. The number of piperidine rings is 1. The second-order valence-electron chi connectivity index (χ2n) is 7.42. The van der Waals surface area contributed by atoms with Crippen LogP contribution in [-0.4, -0.2) is 27.9 Å². The number of halogens is 2. The Morgan fingerprint density at radius 3 is 2.83 bits per heavy atom. The summed E-state index contributed by atoms with van der Waals surface area (Å²) in [6.07, 6.45) is 6.98. The SMILES string of the molecule is CC(Oc1cc(-c2cnn(C3CCNCC3)c2)cnc1N)c1c(F)ccc(P)c1Cl. The summed E-state index contributed by atoms with van der Waals surface area (Å²) in [5, 5.41) is 8.91. The molecule has 1 aliphatic heterocycles. The summed E-state index contributed by atoms with van der Waals surface area (Å²) >= 11 is 6.30. The molecule has 0 aliphatic carbocycles. The lowest BCUT2D eigenvalue weighted by Crippen LogP contribution is -2.29. The molecule has 3 heterocycles. The number of hydrogen-bond donors (Lipinski definition) is 2. The molecule has 30 heavy (non-hydrogen) atoms. The molecule has 1 aromatic carbocycles. The smallest absolute Gasteiger partial charge is 0.166 e. The van der Waals surface area contributed by atoms with Crippen LogP contribution in [0.5, 0.6) is 5.75 Å². The largest absolute Gasteiger partial charge is 0.482 e. The number of ether oxygens (including phenoxy) is 1. The molecule has 3 N–H and O–H groups in total. The van der Waals surface area contributed by atoms with Gasteiger partial charge in [-0.25, -0.2) is 9.37 Å². The maximum atomic E-state index is 14.4. The van der Waals surface area contributed by atoms with Crippen LogP contribution in [0.2, 0.25) is 5.02 Å². The van der Waals surface area contributed by atoms with Gasteiger partial charge < -0.3 is 15.8 Å². The molecule has 1 aliphatic rings. The van der Waals surface area contributed by atoms with Gasteiger partial charge in [-0.15, -0.1) is 9.24 Å². The molecule has 2 atom stereocenters. The molecular weight excluding hydrogens is 424 g/mol. The van der Waals surface area contributed by atoms with Crippen LogP contribution < -0.4 is 21.1 Å². The minimum atomic E-state index is -0.644. The molecule has 6 nitrogen and oxygen atoms in total. The number of hydrogen-bond acceptors (Lipinski definition) is 5. The minimum absolute atomic E-state index is 0.231. The molecule has 158 valence electrons. The molecule has 4 rings (SSSR count). The second kappa shape index (κ2) is 8.88. The van der Waals surface area contributed by atoms with Gasteiger partial charge in [0.05, 0.1) is 17.3 Å². The first-order valence-electron chi connectivity index (χ1n) is 9.85. The van der Waals surface area contributed by atoms with Crippen molar-refractivity contribution in [1.29, 1.82) is 0 Å². The topological polar surface area (TPSA) is 78.0 Å². The quantitative estimate of drug-likeness (QED) is 0.580. The van der Waals surface area contributed by atoms with E-state index in [0.717, 1.165) is 37.1 Å². The van der Waals surface area contributed by atoms with Gasteiger partial charge in [0.25, 0.3) is 0 Å². The van der Waals surface area contributed by atoms with Crippen molar-refractivity contribution in [1.82, 2.24) is 20.1 Å². The molecule has 1 fully saturated rings. The second-order valence-corrected chi connectivity index (χ2v) is 8.42. The zero-order valence-corrected chi connectivity index (χ0v) is 18.5. The first-order chi connectivity index (χ1) is 14.4. The van der Waals surface area contributed by atoms with E-state index in [1.165, 1.54) is 6.07 Å². The van der Waals surface area contributed by atoms with Crippen molar-refractivity contribution in [3.63, 3.8) is 0 Å². The Labute approximate surface area is 182 Å². The van der Waals surface area contributed by atoms with Gasteiger partial charge >= 0.3 is 0 Å². The zero-order valence-electron chi connectivity index (χ0n) is 16.6. The number of nitrogens with zero attached hydrogens (tertiary/aromatic N) is 3. The molecular formula is C21H24ClFN5OP. The number of pyridine rings is 1. The summed E-state index contributed by atoms with van der Waals surface area (Å²) in [5.74, 6) is 0.179. The van der Waals surface area contributed by atoms with Crippen LogP contribution in [0.15, 0.2) is 36.8 Å². The average molecular weight is 448 g/mol. The van der Waals surface area contributed by atoms with E-state index in [1.807, 2.05) is 17.1 Å². The maximum absolute atomic E-state index is 14.4. The predicted molar refractivity (Wildman–Crippen MR) is 121 cm³/mol. The monoisotopic (exact) mass is 447 g/mol. The molecule has 0 spiro atoms. The highest BCUT2D eigenvalue weighted by molar-refractivity contribution is 7.28. The summed E-state index contributed by atoms with van der Waals surface area (Å²) < 4.78 is 22.4. The van der Waals surface area contributed by atoms with Gasteiger partial charge in [0, 0.05) is 29.1 Å². The fourth-order valence-electron chi connectivity index (χ4n) is 3.67. The Morgan fingerprint density at radius 1 is 1.30 bits per heavy atom. The van der Waals surface area contributed by atoms with Crippen LogP contribution in [0, 0.1) is 5.82 Å². The number of rotatable bonds is 5. The summed E-state index contributed by atoms with van der Waals surface area (Å²) in [7, 11) is 2.49. The number of aromatic nitrogens is 3. The molecule has 0 bridgehead atoms.